The van der Waals surface area contributed by atoms with Crippen LogP contribution in [0.5, 0.6) is 0 Å². The number of nitrogens with one attached hydrogen (secondary N) is 2. The van der Waals surface area contributed by atoms with Crippen LogP contribution in [0.3, 0.4) is 0 Å². The molecule has 142 valence electrons. The predicted octanol–water partition coefficient (Wildman–Crippen LogP) is 2.86. The quantitative estimate of drug-likeness (QED) is 0.793. The molecule has 27 heavy (non-hydrogen) atoms. The first-order chi connectivity index (χ1) is 13.2. The van der Waals surface area contributed by atoms with Gasteiger partial charge in [0.1, 0.15) is 0 Å². The Morgan fingerprint density at radius 2 is 1.41 bits per heavy atom. The normalized spacial score (nSPS) is 19.3. The van der Waals surface area contributed by atoms with E-state index in [-0.39, 0.29) is 23.7 Å². The number of amides is 2. The maximum Gasteiger partial charge on any atom is 0.223 e. The van der Waals surface area contributed by atoms with Gasteiger partial charge in [0.25, 0.3) is 0 Å². The van der Waals surface area contributed by atoms with Crippen LogP contribution in [0.1, 0.15) is 36.8 Å². The highest BCUT2D eigenvalue weighted by molar-refractivity contribution is 5.81. The molecule has 0 unspecified atom stereocenters. The first-order valence-electron chi connectivity index (χ1n) is 9.70. The Morgan fingerprint density at radius 1 is 0.815 bits per heavy atom. The fourth-order valence-corrected chi connectivity index (χ4v) is 3.57. The maximum atomic E-state index is 12.4. The third-order valence-electron chi connectivity index (χ3n) is 5.24. The second kappa shape index (κ2) is 9.86. The average Bonchev–Trinajstić information content (AvgIpc) is 2.73. The van der Waals surface area contributed by atoms with E-state index in [0.29, 0.717) is 13.1 Å². The van der Waals surface area contributed by atoms with Crippen molar-refractivity contribution in [3.63, 3.8) is 0 Å². The lowest BCUT2D eigenvalue weighted by Crippen LogP contribution is -2.37. The monoisotopic (exact) mass is 365 g/mol. The molecule has 2 amide bonds. The number of nitrogens with zero attached hydrogens (tertiary/aromatic N) is 1. The van der Waals surface area contributed by atoms with Crippen LogP contribution in [0.4, 0.5) is 0 Å². The van der Waals surface area contributed by atoms with Crippen molar-refractivity contribution >= 4 is 11.8 Å². The Morgan fingerprint density at radius 3 is 2.04 bits per heavy atom. The molecule has 0 radical (unpaired) electrons. The van der Waals surface area contributed by atoms with Crippen molar-refractivity contribution in [1.29, 1.82) is 0 Å². The van der Waals surface area contributed by atoms with Crippen LogP contribution in [0.25, 0.3) is 0 Å². The molecule has 0 bridgehead atoms. The van der Waals surface area contributed by atoms with E-state index >= 15 is 0 Å². The summed E-state index contributed by atoms with van der Waals surface area (Å²) in [4.78, 5) is 28.7. The van der Waals surface area contributed by atoms with E-state index in [1.54, 1.807) is 12.4 Å². The van der Waals surface area contributed by atoms with Crippen molar-refractivity contribution in [2.75, 3.05) is 6.54 Å². The molecular formula is C22H27N3O2. The highest BCUT2D eigenvalue weighted by atomic mass is 16.2. The smallest absolute Gasteiger partial charge is 0.223 e. The maximum absolute atomic E-state index is 12.4. The zero-order valence-corrected chi connectivity index (χ0v) is 15.6. The molecule has 2 aromatic rings. The van der Waals surface area contributed by atoms with Gasteiger partial charge in [0, 0.05) is 37.3 Å². The summed E-state index contributed by atoms with van der Waals surface area (Å²) in [6.45, 7) is 1.19. The van der Waals surface area contributed by atoms with Crippen molar-refractivity contribution in [3.05, 3.63) is 66.0 Å². The molecule has 1 aliphatic carbocycles. The van der Waals surface area contributed by atoms with Crippen molar-refractivity contribution in [3.8, 4) is 0 Å². The molecular weight excluding hydrogens is 338 g/mol. The first kappa shape index (κ1) is 19.1. The van der Waals surface area contributed by atoms with Gasteiger partial charge in [-0.15, -0.1) is 0 Å². The summed E-state index contributed by atoms with van der Waals surface area (Å²) in [6, 6.07) is 14.0. The van der Waals surface area contributed by atoms with E-state index in [1.807, 2.05) is 30.3 Å². The van der Waals surface area contributed by atoms with Crippen molar-refractivity contribution in [1.82, 2.24) is 15.6 Å². The highest BCUT2D eigenvalue weighted by Crippen LogP contribution is 2.29. The van der Waals surface area contributed by atoms with E-state index in [4.69, 9.17) is 0 Å². The minimum absolute atomic E-state index is 0.0141. The van der Waals surface area contributed by atoms with E-state index in [9.17, 15) is 9.59 Å². The number of pyridine rings is 1. The Labute approximate surface area is 160 Å². The van der Waals surface area contributed by atoms with Crippen molar-refractivity contribution in [2.24, 2.45) is 11.8 Å². The largest absolute Gasteiger partial charge is 0.356 e. The highest BCUT2D eigenvalue weighted by Gasteiger charge is 2.29. The van der Waals surface area contributed by atoms with Gasteiger partial charge >= 0.3 is 0 Å². The molecule has 1 heterocycles. The third-order valence-corrected chi connectivity index (χ3v) is 5.24. The van der Waals surface area contributed by atoms with Gasteiger partial charge in [0.05, 0.1) is 0 Å². The lowest BCUT2D eigenvalue weighted by molar-refractivity contribution is -0.130. The Kier molecular flexibility index (Phi) is 6.97. The Bertz CT molecular complexity index is 726. The van der Waals surface area contributed by atoms with Crippen LogP contribution in [0.15, 0.2) is 54.9 Å². The molecule has 1 aromatic heterocycles. The minimum Gasteiger partial charge on any atom is -0.356 e. The van der Waals surface area contributed by atoms with E-state index in [2.05, 4.69) is 27.8 Å². The Hall–Kier alpha value is -2.69. The second-order valence-corrected chi connectivity index (χ2v) is 7.15. The van der Waals surface area contributed by atoms with Crippen LogP contribution in [0, 0.1) is 11.8 Å². The van der Waals surface area contributed by atoms with Gasteiger partial charge in [-0.25, -0.2) is 0 Å². The van der Waals surface area contributed by atoms with Gasteiger partial charge in [-0.2, -0.15) is 0 Å². The lowest BCUT2D eigenvalue weighted by Gasteiger charge is -2.27. The fourth-order valence-electron chi connectivity index (χ4n) is 3.57. The topological polar surface area (TPSA) is 71.1 Å². The van der Waals surface area contributed by atoms with Gasteiger partial charge in [-0.1, -0.05) is 30.3 Å². The number of benzene rings is 1. The number of hydrogen-bond donors (Lipinski definition) is 2. The molecule has 2 N–H and O–H groups in total. The van der Waals surface area contributed by atoms with Crippen molar-refractivity contribution < 1.29 is 9.59 Å². The molecule has 0 aliphatic heterocycles. The predicted molar refractivity (Wildman–Crippen MR) is 105 cm³/mol. The summed E-state index contributed by atoms with van der Waals surface area (Å²) < 4.78 is 0. The van der Waals surface area contributed by atoms with Gasteiger partial charge in [0.15, 0.2) is 0 Å². The number of hydrogen-bond acceptors (Lipinski definition) is 3. The average molecular weight is 365 g/mol. The molecule has 1 aliphatic rings. The molecule has 1 aromatic carbocycles. The third kappa shape index (κ3) is 5.91. The van der Waals surface area contributed by atoms with Crippen LogP contribution in [-0.2, 0) is 22.6 Å². The molecule has 3 rings (SSSR count). The molecule has 1 saturated carbocycles. The Balaban J connectivity index is 1.35. The zero-order chi connectivity index (χ0) is 18.9. The number of rotatable bonds is 7. The fraction of sp³-hybridized carbons (Fsp3) is 0.409. The number of aromatic nitrogens is 1. The van der Waals surface area contributed by atoms with E-state index in [1.165, 1.54) is 5.56 Å². The lowest BCUT2D eigenvalue weighted by atomic mass is 9.81. The number of carbonyl (C=O) groups excluding carboxylic acids is 2. The van der Waals surface area contributed by atoms with E-state index in [0.717, 1.165) is 37.7 Å². The van der Waals surface area contributed by atoms with Gasteiger partial charge in [-0.05, 0) is 55.4 Å². The van der Waals surface area contributed by atoms with Gasteiger partial charge in [-0.3, -0.25) is 14.6 Å². The number of carbonyl (C=O) groups is 2. The molecule has 5 nitrogen and oxygen atoms in total. The summed E-state index contributed by atoms with van der Waals surface area (Å²) in [5.74, 6) is 0.265. The molecule has 0 atom stereocenters. The molecule has 1 fully saturated rings. The van der Waals surface area contributed by atoms with Gasteiger partial charge < -0.3 is 10.6 Å². The van der Waals surface area contributed by atoms with Crippen LogP contribution >= 0.6 is 0 Å². The van der Waals surface area contributed by atoms with Crippen LogP contribution in [0.2, 0.25) is 0 Å². The summed E-state index contributed by atoms with van der Waals surface area (Å²) >= 11 is 0. The summed E-state index contributed by atoms with van der Waals surface area (Å²) in [5, 5.41) is 6.04. The second-order valence-electron chi connectivity index (χ2n) is 7.15. The minimum atomic E-state index is 0.0141. The summed E-state index contributed by atoms with van der Waals surface area (Å²) in [7, 11) is 0. The van der Waals surface area contributed by atoms with Gasteiger partial charge in [0.2, 0.25) is 11.8 Å². The van der Waals surface area contributed by atoms with Crippen LogP contribution < -0.4 is 10.6 Å². The van der Waals surface area contributed by atoms with E-state index < -0.39 is 0 Å². The standard InChI is InChI=1S/C22H27N3O2/c26-21(24-15-12-17-4-2-1-3-5-17)19-6-8-20(9-7-19)22(27)25-16-18-10-13-23-14-11-18/h1-5,10-11,13-14,19-20H,6-9,12,15-16H2,(H,24,26)(H,25,27). The van der Waals surface area contributed by atoms with Crippen molar-refractivity contribution in [2.45, 2.75) is 38.6 Å². The molecule has 0 saturated heterocycles. The van der Waals surface area contributed by atoms with Crippen LogP contribution in [-0.4, -0.2) is 23.3 Å². The SMILES string of the molecule is O=C(NCCc1ccccc1)C1CCC(C(=O)NCc2ccncc2)CC1. The summed E-state index contributed by atoms with van der Waals surface area (Å²) in [6.07, 6.45) is 7.42. The zero-order valence-electron chi connectivity index (χ0n) is 15.6. The molecule has 0 spiro atoms. The molecule has 5 heteroatoms. The summed E-state index contributed by atoms with van der Waals surface area (Å²) in [5.41, 5.74) is 2.28. The first-order valence-corrected chi connectivity index (χ1v) is 9.70.